The molecule has 3 aromatic heterocycles. The van der Waals surface area contributed by atoms with Gasteiger partial charge in [0.2, 0.25) is 0 Å². The molecular formula is C22H25N5. The first-order chi connectivity index (χ1) is 13.3. The highest BCUT2D eigenvalue weighted by Crippen LogP contribution is 2.32. The number of nitrogens with one attached hydrogen (secondary N) is 1. The standard InChI is InChI=1S/C22H25N5/c1-17-6-4-12-24-22(17)26-21-10-9-19(15-25-21)20-8-2-3-13-27(20)16-18-7-5-11-23-14-18/h4-7,9-12,14-15,20H,2-3,8,13,16H2,1H3,(H,24,25,26). The monoisotopic (exact) mass is 359 g/mol. The fourth-order valence-electron chi connectivity index (χ4n) is 3.70. The molecule has 5 heteroatoms. The normalized spacial score (nSPS) is 17.6. The van der Waals surface area contributed by atoms with Crippen LogP contribution in [0.1, 0.15) is 42.0 Å². The number of hydrogen-bond donors (Lipinski definition) is 1. The molecule has 0 saturated carbocycles. The van der Waals surface area contributed by atoms with E-state index < -0.39 is 0 Å². The number of pyridine rings is 3. The molecule has 0 aromatic carbocycles. The molecule has 138 valence electrons. The predicted molar refractivity (Wildman–Crippen MR) is 108 cm³/mol. The van der Waals surface area contributed by atoms with E-state index in [0.717, 1.165) is 30.3 Å². The quantitative estimate of drug-likeness (QED) is 0.718. The fraction of sp³-hybridized carbons (Fsp3) is 0.318. The zero-order valence-electron chi connectivity index (χ0n) is 15.7. The van der Waals surface area contributed by atoms with E-state index in [1.165, 1.54) is 30.4 Å². The van der Waals surface area contributed by atoms with Crippen molar-refractivity contribution in [1.82, 2.24) is 19.9 Å². The first-order valence-electron chi connectivity index (χ1n) is 9.57. The lowest BCUT2D eigenvalue weighted by atomic mass is 9.96. The Morgan fingerprint density at radius 1 is 1.04 bits per heavy atom. The first kappa shape index (κ1) is 17.6. The molecule has 4 rings (SSSR count). The number of nitrogens with zero attached hydrogens (tertiary/aromatic N) is 4. The van der Waals surface area contributed by atoms with E-state index in [0.29, 0.717) is 6.04 Å². The van der Waals surface area contributed by atoms with Crippen molar-refractivity contribution >= 4 is 11.6 Å². The van der Waals surface area contributed by atoms with Crippen LogP contribution >= 0.6 is 0 Å². The van der Waals surface area contributed by atoms with Gasteiger partial charge in [-0.25, -0.2) is 9.97 Å². The highest BCUT2D eigenvalue weighted by atomic mass is 15.2. The molecule has 5 nitrogen and oxygen atoms in total. The summed E-state index contributed by atoms with van der Waals surface area (Å²) in [7, 11) is 0. The van der Waals surface area contributed by atoms with Gasteiger partial charge in [0.05, 0.1) is 0 Å². The molecule has 1 aliphatic rings. The summed E-state index contributed by atoms with van der Waals surface area (Å²) in [6, 6.07) is 12.8. The van der Waals surface area contributed by atoms with E-state index in [9.17, 15) is 0 Å². The number of rotatable bonds is 5. The Bertz CT molecular complexity index is 863. The third kappa shape index (κ3) is 4.31. The Morgan fingerprint density at radius 2 is 1.96 bits per heavy atom. The van der Waals surface area contributed by atoms with Crippen molar-refractivity contribution in [2.75, 3.05) is 11.9 Å². The van der Waals surface area contributed by atoms with Gasteiger partial charge in [-0.2, -0.15) is 0 Å². The van der Waals surface area contributed by atoms with Gasteiger partial charge in [0.25, 0.3) is 0 Å². The molecule has 1 saturated heterocycles. The lowest BCUT2D eigenvalue weighted by Gasteiger charge is -2.36. The molecule has 0 radical (unpaired) electrons. The molecule has 1 N–H and O–H groups in total. The molecule has 0 spiro atoms. The van der Waals surface area contributed by atoms with Crippen LogP contribution in [0.3, 0.4) is 0 Å². The van der Waals surface area contributed by atoms with Crippen molar-refractivity contribution in [3.63, 3.8) is 0 Å². The summed E-state index contributed by atoms with van der Waals surface area (Å²) in [5, 5.41) is 3.31. The topological polar surface area (TPSA) is 53.9 Å². The van der Waals surface area contributed by atoms with Gasteiger partial charge < -0.3 is 5.32 Å². The molecular weight excluding hydrogens is 334 g/mol. The fourth-order valence-corrected chi connectivity index (χ4v) is 3.70. The second-order valence-electron chi connectivity index (χ2n) is 7.11. The minimum Gasteiger partial charge on any atom is -0.325 e. The Morgan fingerprint density at radius 3 is 2.74 bits per heavy atom. The highest BCUT2D eigenvalue weighted by Gasteiger charge is 2.24. The maximum absolute atomic E-state index is 4.64. The Hall–Kier alpha value is -2.79. The molecule has 1 atom stereocenters. The van der Waals surface area contributed by atoms with Gasteiger partial charge >= 0.3 is 0 Å². The van der Waals surface area contributed by atoms with Crippen LogP contribution in [0.4, 0.5) is 11.6 Å². The second kappa shape index (κ2) is 8.27. The molecule has 0 aliphatic carbocycles. The Kier molecular flexibility index (Phi) is 5.39. The van der Waals surface area contributed by atoms with Crippen LogP contribution < -0.4 is 5.32 Å². The van der Waals surface area contributed by atoms with E-state index in [-0.39, 0.29) is 0 Å². The number of anilines is 2. The van der Waals surface area contributed by atoms with E-state index in [1.807, 2.05) is 43.7 Å². The largest absolute Gasteiger partial charge is 0.325 e. The van der Waals surface area contributed by atoms with Crippen molar-refractivity contribution in [3.8, 4) is 0 Å². The average molecular weight is 359 g/mol. The van der Waals surface area contributed by atoms with Crippen LogP contribution in [-0.2, 0) is 6.54 Å². The summed E-state index contributed by atoms with van der Waals surface area (Å²) in [6.07, 6.45) is 11.3. The van der Waals surface area contributed by atoms with Gasteiger partial charge in [0.1, 0.15) is 11.6 Å². The van der Waals surface area contributed by atoms with Crippen LogP contribution in [0.25, 0.3) is 0 Å². The minimum atomic E-state index is 0.414. The smallest absolute Gasteiger partial charge is 0.134 e. The molecule has 3 aromatic rings. The van der Waals surface area contributed by atoms with E-state index in [1.54, 1.807) is 6.20 Å². The van der Waals surface area contributed by atoms with Crippen molar-refractivity contribution in [2.45, 2.75) is 38.8 Å². The first-order valence-corrected chi connectivity index (χ1v) is 9.57. The van der Waals surface area contributed by atoms with Crippen LogP contribution in [0.2, 0.25) is 0 Å². The van der Waals surface area contributed by atoms with E-state index in [4.69, 9.17) is 0 Å². The Labute approximate surface area is 160 Å². The SMILES string of the molecule is Cc1cccnc1Nc1ccc(C2CCCCN2Cc2cccnc2)cn1. The summed E-state index contributed by atoms with van der Waals surface area (Å²) >= 11 is 0. The van der Waals surface area contributed by atoms with Gasteiger partial charge in [-0.1, -0.05) is 24.6 Å². The van der Waals surface area contributed by atoms with E-state index >= 15 is 0 Å². The molecule has 1 unspecified atom stereocenters. The predicted octanol–water partition coefficient (Wildman–Crippen LogP) is 4.65. The number of likely N-dealkylation sites (tertiary alicyclic amines) is 1. The third-order valence-corrected chi connectivity index (χ3v) is 5.15. The van der Waals surface area contributed by atoms with Crippen molar-refractivity contribution in [2.24, 2.45) is 0 Å². The lowest BCUT2D eigenvalue weighted by Crippen LogP contribution is -2.33. The molecule has 1 aliphatic heterocycles. The van der Waals surface area contributed by atoms with Crippen molar-refractivity contribution < 1.29 is 0 Å². The minimum absolute atomic E-state index is 0.414. The van der Waals surface area contributed by atoms with Crippen LogP contribution in [0, 0.1) is 6.92 Å². The van der Waals surface area contributed by atoms with Gasteiger partial charge in [0.15, 0.2) is 0 Å². The molecule has 27 heavy (non-hydrogen) atoms. The zero-order valence-corrected chi connectivity index (χ0v) is 15.7. The van der Waals surface area contributed by atoms with Crippen LogP contribution in [-0.4, -0.2) is 26.4 Å². The molecule has 4 heterocycles. The number of piperidine rings is 1. The van der Waals surface area contributed by atoms with Crippen molar-refractivity contribution in [1.29, 1.82) is 0 Å². The summed E-state index contributed by atoms with van der Waals surface area (Å²) in [5.41, 5.74) is 3.65. The lowest BCUT2D eigenvalue weighted by molar-refractivity contribution is 0.140. The van der Waals surface area contributed by atoms with Gasteiger partial charge in [0, 0.05) is 37.4 Å². The summed E-state index contributed by atoms with van der Waals surface area (Å²) < 4.78 is 0. The van der Waals surface area contributed by atoms with Crippen LogP contribution in [0.5, 0.6) is 0 Å². The molecule has 1 fully saturated rings. The summed E-state index contributed by atoms with van der Waals surface area (Å²) in [5.74, 6) is 1.68. The van der Waals surface area contributed by atoms with Gasteiger partial charge in [-0.05, 0) is 61.2 Å². The van der Waals surface area contributed by atoms with Gasteiger partial charge in [-0.3, -0.25) is 9.88 Å². The van der Waals surface area contributed by atoms with Crippen molar-refractivity contribution in [3.05, 3.63) is 77.9 Å². The number of hydrogen-bond acceptors (Lipinski definition) is 5. The summed E-state index contributed by atoms with van der Waals surface area (Å²) in [6.45, 7) is 4.10. The molecule has 0 amide bonds. The Balaban J connectivity index is 1.48. The maximum atomic E-state index is 4.64. The average Bonchev–Trinajstić information content (AvgIpc) is 2.72. The maximum Gasteiger partial charge on any atom is 0.134 e. The summed E-state index contributed by atoms with van der Waals surface area (Å²) in [4.78, 5) is 15.8. The highest BCUT2D eigenvalue weighted by molar-refractivity contribution is 5.55. The van der Waals surface area contributed by atoms with Gasteiger partial charge in [-0.15, -0.1) is 0 Å². The second-order valence-corrected chi connectivity index (χ2v) is 7.11. The van der Waals surface area contributed by atoms with Crippen LogP contribution in [0.15, 0.2) is 61.2 Å². The number of aromatic nitrogens is 3. The third-order valence-electron chi connectivity index (χ3n) is 5.15. The zero-order chi connectivity index (χ0) is 18.5. The number of aryl methyl sites for hydroxylation is 1. The van der Waals surface area contributed by atoms with E-state index in [2.05, 4.69) is 43.4 Å². The molecule has 0 bridgehead atoms.